The van der Waals surface area contributed by atoms with E-state index in [1.807, 2.05) is 6.07 Å². The SMILES string of the molecule is C#CCNCCN(C)Cc1ccoc1. The van der Waals surface area contributed by atoms with Gasteiger partial charge in [-0.3, -0.25) is 0 Å². The van der Waals surface area contributed by atoms with Crippen LogP contribution < -0.4 is 5.32 Å². The Morgan fingerprint density at radius 1 is 1.64 bits per heavy atom. The van der Waals surface area contributed by atoms with E-state index >= 15 is 0 Å². The first-order valence-electron chi connectivity index (χ1n) is 4.66. The van der Waals surface area contributed by atoms with Crippen molar-refractivity contribution in [2.75, 3.05) is 26.7 Å². The van der Waals surface area contributed by atoms with E-state index in [0.717, 1.165) is 19.6 Å². The van der Waals surface area contributed by atoms with Gasteiger partial charge in [-0.25, -0.2) is 0 Å². The van der Waals surface area contributed by atoms with Gasteiger partial charge >= 0.3 is 0 Å². The maximum absolute atomic E-state index is 5.12. The fourth-order valence-corrected chi connectivity index (χ4v) is 1.20. The van der Waals surface area contributed by atoms with Gasteiger partial charge in [0, 0.05) is 25.2 Å². The molecule has 0 radical (unpaired) electrons. The minimum atomic E-state index is 0.638. The van der Waals surface area contributed by atoms with Crippen LogP contribution >= 0.6 is 0 Å². The van der Waals surface area contributed by atoms with Gasteiger partial charge in [0.05, 0.1) is 19.1 Å². The van der Waals surface area contributed by atoms with Gasteiger partial charge in [0.15, 0.2) is 0 Å². The van der Waals surface area contributed by atoms with Gasteiger partial charge in [0.25, 0.3) is 0 Å². The van der Waals surface area contributed by atoms with Crippen LogP contribution in [0.3, 0.4) is 0 Å². The molecule has 0 unspecified atom stereocenters. The summed E-state index contributed by atoms with van der Waals surface area (Å²) in [6.45, 7) is 3.44. The van der Waals surface area contributed by atoms with E-state index in [0.29, 0.717) is 6.54 Å². The lowest BCUT2D eigenvalue weighted by Crippen LogP contribution is -2.28. The van der Waals surface area contributed by atoms with Crippen molar-refractivity contribution in [3.05, 3.63) is 24.2 Å². The van der Waals surface area contributed by atoms with E-state index in [9.17, 15) is 0 Å². The highest BCUT2D eigenvalue weighted by molar-refractivity contribution is 5.04. The smallest absolute Gasteiger partial charge is 0.0947 e. The van der Waals surface area contributed by atoms with Crippen molar-refractivity contribution in [2.45, 2.75) is 6.54 Å². The molecule has 1 aromatic rings. The van der Waals surface area contributed by atoms with Crippen LogP contribution in [-0.4, -0.2) is 31.6 Å². The molecule has 76 valence electrons. The molecule has 1 N–H and O–H groups in total. The first-order valence-corrected chi connectivity index (χ1v) is 4.66. The Hall–Kier alpha value is -1.24. The van der Waals surface area contributed by atoms with Gasteiger partial charge in [-0.1, -0.05) is 5.92 Å². The average molecular weight is 192 g/mol. The second kappa shape index (κ2) is 6.25. The molecule has 14 heavy (non-hydrogen) atoms. The summed E-state index contributed by atoms with van der Waals surface area (Å²) in [5, 5.41) is 3.14. The van der Waals surface area contributed by atoms with Gasteiger partial charge < -0.3 is 14.6 Å². The summed E-state index contributed by atoms with van der Waals surface area (Å²) < 4.78 is 4.99. The van der Waals surface area contributed by atoms with E-state index in [2.05, 4.69) is 23.2 Å². The Labute approximate surface area is 85.1 Å². The third kappa shape index (κ3) is 4.13. The minimum Gasteiger partial charge on any atom is -0.472 e. The quantitative estimate of drug-likeness (QED) is 0.537. The Morgan fingerprint density at radius 2 is 2.50 bits per heavy atom. The molecule has 0 aromatic carbocycles. The van der Waals surface area contributed by atoms with Crippen molar-refractivity contribution in [2.24, 2.45) is 0 Å². The van der Waals surface area contributed by atoms with Crippen LogP contribution in [-0.2, 0) is 6.54 Å². The number of hydrogen-bond acceptors (Lipinski definition) is 3. The maximum atomic E-state index is 5.12. The summed E-state index contributed by atoms with van der Waals surface area (Å²) >= 11 is 0. The standard InChI is InChI=1S/C11H16N2O/c1-3-5-12-6-7-13(2)9-11-4-8-14-10-11/h1,4,8,10,12H,5-7,9H2,2H3. The Balaban J connectivity index is 2.11. The van der Waals surface area contributed by atoms with Crippen LogP contribution in [0, 0.1) is 12.3 Å². The van der Waals surface area contributed by atoms with Crippen LogP contribution in [0.25, 0.3) is 0 Å². The number of hydrogen-bond donors (Lipinski definition) is 1. The van der Waals surface area contributed by atoms with Gasteiger partial charge in [0.1, 0.15) is 0 Å². The highest BCUT2D eigenvalue weighted by Gasteiger charge is 2.00. The fourth-order valence-electron chi connectivity index (χ4n) is 1.20. The first-order chi connectivity index (χ1) is 6.83. The van der Waals surface area contributed by atoms with Gasteiger partial charge in [-0.05, 0) is 13.1 Å². The lowest BCUT2D eigenvalue weighted by Gasteiger charge is -2.15. The molecular formula is C11H16N2O. The molecule has 0 spiro atoms. The molecule has 3 nitrogen and oxygen atoms in total. The van der Waals surface area contributed by atoms with Crippen molar-refractivity contribution >= 4 is 0 Å². The Bertz CT molecular complexity index is 274. The van der Waals surface area contributed by atoms with Gasteiger partial charge in [0.2, 0.25) is 0 Å². The third-order valence-corrected chi connectivity index (χ3v) is 1.93. The topological polar surface area (TPSA) is 28.4 Å². The van der Waals surface area contributed by atoms with Gasteiger partial charge in [-0.15, -0.1) is 6.42 Å². The van der Waals surface area contributed by atoms with E-state index in [4.69, 9.17) is 10.8 Å². The lowest BCUT2D eigenvalue weighted by molar-refractivity contribution is 0.325. The molecule has 1 aromatic heterocycles. The average Bonchev–Trinajstić information content (AvgIpc) is 2.65. The molecule has 0 amide bonds. The van der Waals surface area contributed by atoms with E-state index in [1.54, 1.807) is 12.5 Å². The van der Waals surface area contributed by atoms with Crippen LogP contribution in [0.1, 0.15) is 5.56 Å². The van der Waals surface area contributed by atoms with E-state index in [1.165, 1.54) is 5.56 Å². The first kappa shape index (κ1) is 10.8. The van der Waals surface area contributed by atoms with Crippen molar-refractivity contribution in [3.8, 4) is 12.3 Å². The molecule has 0 bridgehead atoms. The Kier molecular flexibility index (Phi) is 4.84. The van der Waals surface area contributed by atoms with Crippen molar-refractivity contribution < 1.29 is 4.42 Å². The summed E-state index contributed by atoms with van der Waals surface area (Å²) in [5.41, 5.74) is 1.20. The highest BCUT2D eigenvalue weighted by atomic mass is 16.3. The van der Waals surface area contributed by atoms with Crippen molar-refractivity contribution in [1.82, 2.24) is 10.2 Å². The van der Waals surface area contributed by atoms with Crippen molar-refractivity contribution in [3.63, 3.8) is 0 Å². The molecule has 0 aliphatic carbocycles. The number of nitrogens with one attached hydrogen (secondary N) is 1. The summed E-state index contributed by atoms with van der Waals surface area (Å²) in [4.78, 5) is 2.22. The van der Waals surface area contributed by atoms with Gasteiger partial charge in [-0.2, -0.15) is 0 Å². The summed E-state index contributed by atoms with van der Waals surface area (Å²) in [5.74, 6) is 2.54. The molecule has 0 aliphatic rings. The third-order valence-electron chi connectivity index (χ3n) is 1.93. The number of rotatable bonds is 6. The number of terminal acetylenes is 1. The van der Waals surface area contributed by atoms with E-state index < -0.39 is 0 Å². The predicted molar refractivity (Wildman–Crippen MR) is 56.7 cm³/mol. The molecule has 1 heterocycles. The highest BCUT2D eigenvalue weighted by Crippen LogP contribution is 2.02. The zero-order valence-electron chi connectivity index (χ0n) is 8.49. The second-order valence-electron chi connectivity index (χ2n) is 3.25. The summed E-state index contributed by atoms with van der Waals surface area (Å²) in [6, 6.07) is 1.98. The fraction of sp³-hybridized carbons (Fsp3) is 0.455. The lowest BCUT2D eigenvalue weighted by atomic mass is 10.3. The van der Waals surface area contributed by atoms with Crippen LogP contribution in [0.4, 0.5) is 0 Å². The second-order valence-corrected chi connectivity index (χ2v) is 3.25. The van der Waals surface area contributed by atoms with Crippen LogP contribution in [0.15, 0.2) is 23.0 Å². The number of furan rings is 1. The van der Waals surface area contributed by atoms with Crippen LogP contribution in [0.2, 0.25) is 0 Å². The molecule has 0 saturated heterocycles. The Morgan fingerprint density at radius 3 is 3.14 bits per heavy atom. The summed E-state index contributed by atoms with van der Waals surface area (Å²) in [6.07, 6.45) is 8.58. The molecule has 1 rings (SSSR count). The minimum absolute atomic E-state index is 0.638. The molecule has 0 aliphatic heterocycles. The molecular weight excluding hydrogens is 176 g/mol. The molecule has 0 atom stereocenters. The number of nitrogens with zero attached hydrogens (tertiary/aromatic N) is 1. The summed E-state index contributed by atoms with van der Waals surface area (Å²) in [7, 11) is 2.07. The monoisotopic (exact) mass is 192 g/mol. The maximum Gasteiger partial charge on any atom is 0.0947 e. The molecule has 0 saturated carbocycles. The largest absolute Gasteiger partial charge is 0.472 e. The predicted octanol–water partition coefficient (Wildman–Crippen LogP) is 0.934. The number of likely N-dealkylation sites (N-methyl/N-ethyl adjacent to an activating group) is 1. The van der Waals surface area contributed by atoms with E-state index in [-0.39, 0.29) is 0 Å². The van der Waals surface area contributed by atoms with Crippen LogP contribution in [0.5, 0.6) is 0 Å². The normalized spacial score (nSPS) is 10.4. The molecule has 3 heteroatoms. The molecule has 0 fully saturated rings. The zero-order chi connectivity index (χ0) is 10.2. The zero-order valence-corrected chi connectivity index (χ0v) is 8.49. The van der Waals surface area contributed by atoms with Crippen molar-refractivity contribution in [1.29, 1.82) is 0 Å².